The number of anilines is 1. The number of carbonyl (C=O) groups is 2. The fourth-order valence-corrected chi connectivity index (χ4v) is 7.20. The van der Waals surface area contributed by atoms with Crippen molar-refractivity contribution in [1.82, 2.24) is 9.47 Å². The summed E-state index contributed by atoms with van der Waals surface area (Å²) in [5.41, 5.74) is 11.6. The Labute approximate surface area is 235 Å². The number of aromatic nitrogens is 2. The lowest BCUT2D eigenvalue weighted by Gasteiger charge is -2.44. The van der Waals surface area contributed by atoms with Crippen LogP contribution in [-0.4, -0.2) is 33.9 Å². The number of carbonyl (C=O) groups excluding carboxylic acids is 2. The molecule has 3 aliphatic rings. The normalized spacial score (nSPS) is 20.6. The Bertz CT molecular complexity index is 1420. The first-order valence-corrected chi connectivity index (χ1v) is 14.7. The Kier molecular flexibility index (Phi) is 7.13. The van der Waals surface area contributed by atoms with E-state index in [0.29, 0.717) is 17.4 Å². The highest BCUT2D eigenvalue weighted by atomic mass is 16.5. The van der Waals surface area contributed by atoms with Crippen molar-refractivity contribution in [2.75, 3.05) is 11.9 Å². The molecular formula is C32H39N5O3. The molecule has 3 aromatic rings. The largest absolute Gasteiger partial charge is 0.618 e. The highest BCUT2D eigenvalue weighted by molar-refractivity contribution is 5.94. The van der Waals surface area contributed by atoms with Crippen molar-refractivity contribution < 1.29 is 14.3 Å². The van der Waals surface area contributed by atoms with Crippen LogP contribution in [0.2, 0.25) is 0 Å². The zero-order valence-corrected chi connectivity index (χ0v) is 23.4. The van der Waals surface area contributed by atoms with Crippen LogP contribution in [0.15, 0.2) is 48.7 Å². The summed E-state index contributed by atoms with van der Waals surface area (Å²) in [5, 5.41) is 15.4. The van der Waals surface area contributed by atoms with Crippen molar-refractivity contribution >= 4 is 17.5 Å². The predicted octanol–water partition coefficient (Wildman–Crippen LogP) is 4.86. The van der Waals surface area contributed by atoms with Crippen molar-refractivity contribution in [1.29, 1.82) is 0 Å². The van der Waals surface area contributed by atoms with Crippen LogP contribution < -0.4 is 15.8 Å². The lowest BCUT2D eigenvalue weighted by molar-refractivity contribution is -0.611. The molecule has 210 valence electrons. The molecule has 0 bridgehead atoms. The number of nitrogens with two attached hydrogens (primary N) is 1. The van der Waals surface area contributed by atoms with Gasteiger partial charge in [-0.1, -0.05) is 31.4 Å². The molecule has 3 N–H and O–H groups in total. The maximum atomic E-state index is 14.3. The number of primary amides is 1. The van der Waals surface area contributed by atoms with Crippen LogP contribution >= 0.6 is 0 Å². The summed E-state index contributed by atoms with van der Waals surface area (Å²) in [5.74, 6) is -0.335. The van der Waals surface area contributed by atoms with Gasteiger partial charge in [-0.05, 0) is 73.9 Å². The van der Waals surface area contributed by atoms with E-state index in [0.717, 1.165) is 84.4 Å². The van der Waals surface area contributed by atoms with E-state index in [-0.39, 0.29) is 23.8 Å². The average molecular weight is 542 g/mol. The molecule has 0 radical (unpaired) electrons. The first-order chi connectivity index (χ1) is 19.3. The number of nitrogens with one attached hydrogen (secondary N) is 1. The van der Waals surface area contributed by atoms with E-state index in [2.05, 4.69) is 14.8 Å². The van der Waals surface area contributed by atoms with Gasteiger partial charge in [-0.25, -0.2) is 0 Å². The zero-order valence-electron chi connectivity index (χ0n) is 23.4. The molecule has 8 nitrogen and oxygen atoms in total. The minimum absolute atomic E-state index is 0.0371. The van der Waals surface area contributed by atoms with Gasteiger partial charge in [0.15, 0.2) is 11.9 Å². The third-order valence-corrected chi connectivity index (χ3v) is 9.31. The number of pyridine rings is 1. The Balaban J connectivity index is 1.33. The van der Waals surface area contributed by atoms with E-state index >= 15 is 0 Å². The summed E-state index contributed by atoms with van der Waals surface area (Å²) in [6, 6.07) is 13.9. The zero-order chi connectivity index (χ0) is 28.0. The molecule has 2 amide bonds. The molecular weight excluding hydrogens is 502 g/mol. The van der Waals surface area contributed by atoms with E-state index in [1.807, 2.05) is 56.3 Å². The topological polar surface area (TPSA) is 107 Å². The number of benzene rings is 1. The van der Waals surface area contributed by atoms with Crippen LogP contribution in [0.25, 0.3) is 11.1 Å². The van der Waals surface area contributed by atoms with E-state index in [1.54, 1.807) is 0 Å². The van der Waals surface area contributed by atoms with Crippen LogP contribution in [0.5, 0.6) is 0 Å². The highest BCUT2D eigenvalue weighted by Crippen LogP contribution is 2.46. The number of aryl methyl sites for hydroxylation is 1. The van der Waals surface area contributed by atoms with Crippen LogP contribution in [0.4, 0.5) is 5.69 Å². The maximum Gasteiger partial charge on any atom is 0.265 e. The average Bonchev–Trinajstić information content (AvgIpc) is 3.70. The van der Waals surface area contributed by atoms with Gasteiger partial charge in [0.25, 0.3) is 5.91 Å². The van der Waals surface area contributed by atoms with Gasteiger partial charge in [-0.3, -0.25) is 14.5 Å². The molecule has 2 fully saturated rings. The number of fused-ring (bicyclic) bond motifs is 1. The number of rotatable bonds is 7. The minimum Gasteiger partial charge on any atom is -0.618 e. The maximum absolute atomic E-state index is 14.3. The summed E-state index contributed by atoms with van der Waals surface area (Å²) in [6.07, 6.45) is 9.42. The van der Waals surface area contributed by atoms with Crippen LogP contribution in [0.3, 0.4) is 0 Å². The standard InChI is InChI=1S/C32H39N5O3/c1-20-16-17-37(40)21(2)28(20)23-8-10-24(11-9-23)34-32(39)29(22-6-4-3-5-7-22)30-26-14-15-27(31(33)38)36(26)19-18-35(30)25-12-13-25/h8-11,14-17,22,25,29-30H,3-7,12-13,18-19H2,1-2H3,(H2,33,38)(H,34,39)/t29-,30+/m0/s1. The molecule has 8 heteroatoms. The van der Waals surface area contributed by atoms with E-state index in [9.17, 15) is 14.8 Å². The summed E-state index contributed by atoms with van der Waals surface area (Å²) >= 11 is 0. The Morgan fingerprint density at radius 3 is 2.38 bits per heavy atom. The Morgan fingerprint density at radius 1 is 0.975 bits per heavy atom. The molecule has 0 spiro atoms. The monoisotopic (exact) mass is 541 g/mol. The number of hydrogen-bond donors (Lipinski definition) is 2. The Hall–Kier alpha value is -3.65. The molecule has 40 heavy (non-hydrogen) atoms. The SMILES string of the molecule is Cc1cc[n+]([O-])c(C)c1-c1ccc(NC(=O)[C@@H](C2CCCCC2)[C@H]2c3ccc(C(N)=O)n3CCN2C2CC2)cc1. The van der Waals surface area contributed by atoms with Gasteiger partial charge in [0.1, 0.15) is 5.69 Å². The van der Waals surface area contributed by atoms with Gasteiger partial charge in [0, 0.05) is 43.5 Å². The van der Waals surface area contributed by atoms with Crippen molar-refractivity contribution in [3.05, 3.63) is 76.5 Å². The number of amides is 2. The summed E-state index contributed by atoms with van der Waals surface area (Å²) in [4.78, 5) is 29.0. The fourth-order valence-electron chi connectivity index (χ4n) is 7.20. The van der Waals surface area contributed by atoms with Gasteiger partial charge in [-0.2, -0.15) is 4.73 Å². The minimum atomic E-state index is -0.421. The van der Waals surface area contributed by atoms with Crippen molar-refractivity contribution in [3.63, 3.8) is 0 Å². The van der Waals surface area contributed by atoms with Gasteiger partial charge >= 0.3 is 0 Å². The number of nitrogens with zero attached hydrogens (tertiary/aromatic N) is 3. The summed E-state index contributed by atoms with van der Waals surface area (Å²) < 4.78 is 2.94. The van der Waals surface area contributed by atoms with Crippen molar-refractivity contribution in [2.45, 2.75) is 77.4 Å². The highest BCUT2D eigenvalue weighted by Gasteiger charge is 2.47. The molecule has 2 aromatic heterocycles. The van der Waals surface area contributed by atoms with Gasteiger partial charge in [0.2, 0.25) is 5.91 Å². The van der Waals surface area contributed by atoms with Gasteiger partial charge in [-0.15, -0.1) is 0 Å². The third kappa shape index (κ3) is 4.89. The summed E-state index contributed by atoms with van der Waals surface area (Å²) in [6.45, 7) is 5.37. The lowest BCUT2D eigenvalue weighted by atomic mass is 9.74. The van der Waals surface area contributed by atoms with Crippen LogP contribution in [-0.2, 0) is 11.3 Å². The molecule has 3 heterocycles. The molecule has 1 aliphatic heterocycles. The molecule has 2 aliphatic carbocycles. The van der Waals surface area contributed by atoms with Crippen molar-refractivity contribution in [3.8, 4) is 11.1 Å². The van der Waals surface area contributed by atoms with Gasteiger partial charge in [0.05, 0.1) is 17.5 Å². The molecule has 1 aromatic carbocycles. The molecule has 0 saturated heterocycles. The second kappa shape index (κ2) is 10.7. The summed E-state index contributed by atoms with van der Waals surface area (Å²) in [7, 11) is 0. The fraction of sp³-hybridized carbons (Fsp3) is 0.469. The third-order valence-electron chi connectivity index (χ3n) is 9.31. The lowest BCUT2D eigenvalue weighted by Crippen LogP contribution is -2.48. The van der Waals surface area contributed by atoms with Crippen LogP contribution in [0, 0.1) is 30.9 Å². The molecule has 2 saturated carbocycles. The van der Waals surface area contributed by atoms with Crippen molar-refractivity contribution in [2.24, 2.45) is 17.6 Å². The molecule has 2 atom stereocenters. The number of hydrogen-bond acceptors (Lipinski definition) is 4. The van der Waals surface area contributed by atoms with E-state index < -0.39 is 5.91 Å². The second-order valence-electron chi connectivity index (χ2n) is 11.8. The molecule has 0 unspecified atom stereocenters. The van der Waals surface area contributed by atoms with Crippen LogP contribution in [0.1, 0.15) is 78.4 Å². The predicted molar refractivity (Wildman–Crippen MR) is 154 cm³/mol. The quantitative estimate of drug-likeness (QED) is 0.329. The first-order valence-electron chi connectivity index (χ1n) is 14.7. The van der Waals surface area contributed by atoms with E-state index in [4.69, 9.17) is 5.73 Å². The second-order valence-corrected chi connectivity index (χ2v) is 11.8. The first kappa shape index (κ1) is 26.6. The molecule has 6 rings (SSSR count). The Morgan fingerprint density at radius 2 is 1.70 bits per heavy atom. The van der Waals surface area contributed by atoms with E-state index in [1.165, 1.54) is 12.6 Å². The smallest absolute Gasteiger partial charge is 0.265 e. The van der Waals surface area contributed by atoms with Gasteiger partial charge < -0.3 is 20.8 Å².